The van der Waals surface area contributed by atoms with Gasteiger partial charge in [-0.15, -0.1) is 0 Å². The van der Waals surface area contributed by atoms with E-state index >= 15 is 0 Å². The minimum Gasteiger partial charge on any atom is -0.338 e. The van der Waals surface area contributed by atoms with Crippen molar-refractivity contribution in [3.63, 3.8) is 0 Å². The molecule has 0 aliphatic heterocycles. The molecule has 2 heterocycles. The molecule has 0 fully saturated rings. The molecule has 3 rings (SSSR count). The van der Waals surface area contributed by atoms with Crippen molar-refractivity contribution in [3.8, 4) is 11.4 Å². The van der Waals surface area contributed by atoms with Crippen LogP contribution in [-0.2, 0) is 0 Å². The fourth-order valence-electron chi connectivity index (χ4n) is 1.72. The molecule has 0 aliphatic rings. The molecule has 1 N–H and O–H groups in total. The number of hydrogen-bond acceptors (Lipinski definition) is 2. The molecule has 0 amide bonds. The van der Waals surface area contributed by atoms with Gasteiger partial charge in [0.25, 0.3) is 0 Å². The van der Waals surface area contributed by atoms with Crippen molar-refractivity contribution in [2.45, 2.75) is 0 Å². The number of nitrogens with one attached hydrogen (secondary N) is 1. The highest BCUT2D eigenvalue weighted by Gasteiger charge is 2.11. The monoisotopic (exact) mass is 249 g/mol. The Labute approximate surface area is 99.3 Å². The van der Waals surface area contributed by atoms with Crippen LogP contribution in [0.3, 0.4) is 0 Å². The van der Waals surface area contributed by atoms with Crippen molar-refractivity contribution in [1.29, 1.82) is 0 Å². The van der Waals surface area contributed by atoms with Crippen LogP contribution in [0.15, 0.2) is 30.6 Å². The second-order valence-corrected chi connectivity index (χ2v) is 3.76. The second kappa shape index (κ2) is 3.83. The van der Waals surface area contributed by atoms with Crippen LogP contribution in [0.25, 0.3) is 22.4 Å². The fraction of sp³-hybridized carbons (Fsp3) is 0. The average molecular weight is 249 g/mol. The molecular formula is C12H6F3N3. The Kier molecular flexibility index (Phi) is 2.29. The molecule has 1 aromatic carbocycles. The van der Waals surface area contributed by atoms with Crippen LogP contribution in [0.4, 0.5) is 13.2 Å². The summed E-state index contributed by atoms with van der Waals surface area (Å²) in [5, 5.41) is 0. The number of nitrogens with zero attached hydrogens (tertiary/aromatic N) is 2. The van der Waals surface area contributed by atoms with E-state index in [9.17, 15) is 13.2 Å². The number of rotatable bonds is 1. The van der Waals surface area contributed by atoms with E-state index < -0.39 is 17.5 Å². The molecule has 2 aromatic heterocycles. The van der Waals surface area contributed by atoms with Crippen LogP contribution in [0, 0.1) is 17.5 Å². The smallest absolute Gasteiger partial charge is 0.153 e. The summed E-state index contributed by atoms with van der Waals surface area (Å²) in [4.78, 5) is 10.4. The van der Waals surface area contributed by atoms with Crippen molar-refractivity contribution >= 4 is 11.0 Å². The lowest BCUT2D eigenvalue weighted by atomic mass is 10.3. The molecule has 0 radical (unpaired) electrons. The number of fused-ring (bicyclic) bond motifs is 1. The van der Waals surface area contributed by atoms with Gasteiger partial charge in [-0.25, -0.2) is 18.2 Å². The number of H-pyrrole nitrogens is 1. The van der Waals surface area contributed by atoms with Crippen LogP contribution in [0.5, 0.6) is 0 Å². The third-order valence-electron chi connectivity index (χ3n) is 2.48. The summed E-state index contributed by atoms with van der Waals surface area (Å²) in [6.07, 6.45) is 2.43. The summed E-state index contributed by atoms with van der Waals surface area (Å²) in [5.41, 5.74) is 0.591. The predicted octanol–water partition coefficient (Wildman–Crippen LogP) is 3.04. The molecule has 0 saturated heterocycles. The Morgan fingerprint density at radius 3 is 2.56 bits per heavy atom. The topological polar surface area (TPSA) is 41.6 Å². The highest BCUT2D eigenvalue weighted by Crippen LogP contribution is 2.23. The van der Waals surface area contributed by atoms with Crippen molar-refractivity contribution in [2.24, 2.45) is 0 Å². The molecule has 18 heavy (non-hydrogen) atoms. The van der Waals surface area contributed by atoms with E-state index in [1.807, 2.05) is 0 Å². The van der Waals surface area contributed by atoms with Crippen molar-refractivity contribution in [3.05, 3.63) is 48.0 Å². The van der Waals surface area contributed by atoms with Gasteiger partial charge >= 0.3 is 0 Å². The first-order valence-corrected chi connectivity index (χ1v) is 5.09. The maximum Gasteiger partial charge on any atom is 0.153 e. The molecule has 3 aromatic rings. The van der Waals surface area contributed by atoms with Gasteiger partial charge in [0.2, 0.25) is 0 Å². The fourth-order valence-corrected chi connectivity index (χ4v) is 1.72. The molecule has 0 bridgehead atoms. The standard InChI is InChI=1S/C12H6F3N3/c13-7-2-9(15)11-10(3-7)17-12(18-11)6-1-8(14)5-16-4-6/h1-5H,(H,17,18). The van der Waals surface area contributed by atoms with E-state index in [2.05, 4.69) is 15.0 Å². The maximum absolute atomic E-state index is 13.4. The first-order valence-electron chi connectivity index (χ1n) is 5.09. The van der Waals surface area contributed by atoms with Crippen LogP contribution >= 0.6 is 0 Å². The minimum atomic E-state index is -0.767. The van der Waals surface area contributed by atoms with Gasteiger partial charge in [0.1, 0.15) is 23.0 Å². The lowest BCUT2D eigenvalue weighted by molar-refractivity contribution is 0.591. The molecule has 0 unspecified atom stereocenters. The Bertz CT molecular complexity index is 737. The van der Waals surface area contributed by atoms with Gasteiger partial charge in [-0.05, 0) is 12.1 Å². The summed E-state index contributed by atoms with van der Waals surface area (Å²) in [6, 6.07) is 3.08. The van der Waals surface area contributed by atoms with E-state index in [1.165, 1.54) is 12.3 Å². The first kappa shape index (κ1) is 10.8. The van der Waals surface area contributed by atoms with Crippen LogP contribution in [0.2, 0.25) is 0 Å². The molecule has 3 nitrogen and oxygen atoms in total. The summed E-state index contributed by atoms with van der Waals surface area (Å²) in [6.45, 7) is 0. The number of aromatic amines is 1. The predicted molar refractivity (Wildman–Crippen MR) is 59.2 cm³/mol. The largest absolute Gasteiger partial charge is 0.338 e. The van der Waals surface area contributed by atoms with Crippen LogP contribution < -0.4 is 0 Å². The van der Waals surface area contributed by atoms with E-state index in [4.69, 9.17) is 0 Å². The Morgan fingerprint density at radius 2 is 1.78 bits per heavy atom. The van der Waals surface area contributed by atoms with Gasteiger partial charge in [-0.3, -0.25) is 4.98 Å². The van der Waals surface area contributed by atoms with Gasteiger partial charge < -0.3 is 4.98 Å². The van der Waals surface area contributed by atoms with E-state index in [-0.39, 0.29) is 16.9 Å². The lowest BCUT2D eigenvalue weighted by Crippen LogP contribution is -1.84. The highest BCUT2D eigenvalue weighted by molar-refractivity contribution is 5.79. The Morgan fingerprint density at radius 1 is 0.944 bits per heavy atom. The zero-order chi connectivity index (χ0) is 12.7. The number of pyridine rings is 1. The number of hydrogen-bond donors (Lipinski definition) is 1. The first-order chi connectivity index (χ1) is 8.63. The Hall–Kier alpha value is -2.37. The quantitative estimate of drug-likeness (QED) is 0.720. The summed E-state index contributed by atoms with van der Waals surface area (Å²) in [5.74, 6) is -1.76. The normalized spacial score (nSPS) is 11.1. The molecule has 0 spiro atoms. The van der Waals surface area contributed by atoms with Crippen LogP contribution in [0.1, 0.15) is 0 Å². The summed E-state index contributed by atoms with van der Waals surface area (Å²) < 4.78 is 39.5. The molecular weight excluding hydrogens is 243 g/mol. The lowest BCUT2D eigenvalue weighted by Gasteiger charge is -1.94. The van der Waals surface area contributed by atoms with Gasteiger partial charge in [0.15, 0.2) is 5.82 Å². The van der Waals surface area contributed by atoms with Crippen molar-refractivity contribution < 1.29 is 13.2 Å². The SMILES string of the molecule is Fc1cncc(-c2nc3c(F)cc(F)cc3[nH]2)c1. The minimum absolute atomic E-state index is 0.00987. The molecule has 0 saturated carbocycles. The number of benzene rings is 1. The van der Waals surface area contributed by atoms with Crippen LogP contribution in [-0.4, -0.2) is 15.0 Å². The highest BCUT2D eigenvalue weighted by atomic mass is 19.1. The summed E-state index contributed by atoms with van der Waals surface area (Å²) in [7, 11) is 0. The average Bonchev–Trinajstić information content (AvgIpc) is 2.73. The van der Waals surface area contributed by atoms with E-state index in [1.54, 1.807) is 0 Å². The van der Waals surface area contributed by atoms with Crippen molar-refractivity contribution in [2.75, 3.05) is 0 Å². The number of imidazole rings is 1. The summed E-state index contributed by atoms with van der Waals surface area (Å²) >= 11 is 0. The van der Waals surface area contributed by atoms with E-state index in [0.29, 0.717) is 5.56 Å². The van der Waals surface area contributed by atoms with Gasteiger partial charge in [-0.2, -0.15) is 0 Å². The second-order valence-electron chi connectivity index (χ2n) is 3.76. The zero-order valence-electron chi connectivity index (χ0n) is 8.92. The molecule has 6 heteroatoms. The molecule has 90 valence electrons. The molecule has 0 aliphatic carbocycles. The number of halogens is 3. The van der Waals surface area contributed by atoms with Gasteiger partial charge in [-0.1, -0.05) is 0 Å². The third kappa shape index (κ3) is 1.71. The molecule has 0 atom stereocenters. The number of aromatic nitrogens is 3. The maximum atomic E-state index is 13.4. The van der Waals surface area contributed by atoms with Gasteiger partial charge in [0, 0.05) is 17.8 Å². The van der Waals surface area contributed by atoms with Gasteiger partial charge in [0.05, 0.1) is 11.7 Å². The van der Waals surface area contributed by atoms with E-state index in [0.717, 1.165) is 18.3 Å². The third-order valence-corrected chi connectivity index (χ3v) is 2.48. The zero-order valence-corrected chi connectivity index (χ0v) is 8.92. The van der Waals surface area contributed by atoms with Crippen molar-refractivity contribution in [1.82, 2.24) is 15.0 Å². The Balaban J connectivity index is 2.22.